The van der Waals surface area contributed by atoms with Crippen LogP contribution in [0.4, 0.5) is 0 Å². The minimum absolute atomic E-state index is 0.135. The number of esters is 1. The average molecular weight is 547 g/mol. The van der Waals surface area contributed by atoms with E-state index in [0.29, 0.717) is 18.6 Å². The standard InChI is InChI=1S/C34H42O4S/c1-3-5-10-24-32(35)38-31(27-39-33(36)25-11-6-4-2)26-37-34(28-18-12-7-13-19-28,29-20-14-8-15-21-29)30-22-16-9-17-23-30/h7-9,12-23,31H,3-6,10-11,24-27H2,1-2H3/t31-/m0/s1. The highest BCUT2D eigenvalue weighted by Gasteiger charge is 2.38. The number of thioether (sulfide) groups is 1. The van der Waals surface area contributed by atoms with Crippen LogP contribution in [0.1, 0.15) is 81.9 Å². The van der Waals surface area contributed by atoms with Gasteiger partial charge in [-0.2, -0.15) is 0 Å². The number of ether oxygens (including phenoxy) is 2. The van der Waals surface area contributed by atoms with E-state index in [0.717, 1.165) is 55.2 Å². The predicted octanol–water partition coefficient (Wildman–Crippen LogP) is 8.33. The van der Waals surface area contributed by atoms with Crippen LogP contribution in [0.3, 0.4) is 0 Å². The molecule has 3 aromatic carbocycles. The molecule has 0 amide bonds. The van der Waals surface area contributed by atoms with E-state index in [-0.39, 0.29) is 17.7 Å². The van der Waals surface area contributed by atoms with Crippen molar-refractivity contribution in [3.05, 3.63) is 108 Å². The van der Waals surface area contributed by atoms with Crippen LogP contribution >= 0.6 is 11.8 Å². The predicted molar refractivity (Wildman–Crippen MR) is 161 cm³/mol. The Morgan fingerprint density at radius 1 is 0.692 bits per heavy atom. The lowest BCUT2D eigenvalue weighted by atomic mass is 9.80. The fourth-order valence-electron chi connectivity index (χ4n) is 4.64. The molecule has 0 unspecified atom stereocenters. The molecule has 0 bridgehead atoms. The molecule has 39 heavy (non-hydrogen) atoms. The number of carbonyl (C=O) groups is 2. The van der Waals surface area contributed by atoms with Crippen molar-refractivity contribution in [1.29, 1.82) is 0 Å². The van der Waals surface area contributed by atoms with Gasteiger partial charge in [-0.15, -0.1) is 0 Å². The minimum Gasteiger partial charge on any atom is -0.459 e. The summed E-state index contributed by atoms with van der Waals surface area (Å²) in [4.78, 5) is 25.3. The van der Waals surface area contributed by atoms with E-state index in [1.165, 1.54) is 11.8 Å². The van der Waals surface area contributed by atoms with Crippen molar-refractivity contribution in [3.8, 4) is 0 Å². The summed E-state index contributed by atoms with van der Waals surface area (Å²) in [6, 6.07) is 30.4. The lowest BCUT2D eigenvalue weighted by molar-refractivity contribution is -0.153. The topological polar surface area (TPSA) is 52.6 Å². The molecule has 0 N–H and O–H groups in total. The van der Waals surface area contributed by atoms with Gasteiger partial charge in [0.2, 0.25) is 0 Å². The van der Waals surface area contributed by atoms with Crippen molar-refractivity contribution in [2.24, 2.45) is 0 Å². The van der Waals surface area contributed by atoms with Gasteiger partial charge in [0.15, 0.2) is 5.12 Å². The Bertz CT molecular complexity index is 1010. The quantitative estimate of drug-likeness (QED) is 0.0968. The first-order valence-electron chi connectivity index (χ1n) is 14.3. The molecule has 4 nitrogen and oxygen atoms in total. The van der Waals surface area contributed by atoms with Gasteiger partial charge in [-0.3, -0.25) is 9.59 Å². The number of unbranched alkanes of at least 4 members (excludes halogenated alkanes) is 4. The Labute approximate surface area is 238 Å². The van der Waals surface area contributed by atoms with Crippen LogP contribution in [-0.2, 0) is 24.7 Å². The molecular formula is C34H42O4S. The zero-order valence-corrected chi connectivity index (χ0v) is 24.2. The molecule has 3 rings (SSSR count). The SMILES string of the molecule is CCCCCC(=O)O[C@@H](COC(c1ccccc1)(c1ccccc1)c1ccccc1)CSC(=O)CCCCC. The molecule has 0 aromatic heterocycles. The molecule has 0 aliphatic heterocycles. The van der Waals surface area contributed by atoms with Gasteiger partial charge in [0, 0.05) is 18.6 Å². The van der Waals surface area contributed by atoms with Crippen molar-refractivity contribution >= 4 is 22.8 Å². The maximum absolute atomic E-state index is 12.7. The first-order chi connectivity index (χ1) is 19.1. The van der Waals surface area contributed by atoms with Crippen molar-refractivity contribution in [2.75, 3.05) is 12.4 Å². The van der Waals surface area contributed by atoms with E-state index in [4.69, 9.17) is 9.47 Å². The summed E-state index contributed by atoms with van der Waals surface area (Å²) in [7, 11) is 0. The number of carbonyl (C=O) groups excluding carboxylic acids is 2. The Balaban J connectivity index is 1.90. The number of hydrogen-bond acceptors (Lipinski definition) is 5. The van der Waals surface area contributed by atoms with Crippen LogP contribution in [0.25, 0.3) is 0 Å². The average Bonchev–Trinajstić information content (AvgIpc) is 2.98. The van der Waals surface area contributed by atoms with Crippen molar-refractivity contribution in [2.45, 2.75) is 76.9 Å². The second-order valence-corrected chi connectivity index (χ2v) is 10.9. The normalized spacial score (nSPS) is 12.2. The lowest BCUT2D eigenvalue weighted by Gasteiger charge is -2.37. The molecule has 0 aliphatic rings. The molecule has 208 valence electrons. The Kier molecular flexibility index (Phi) is 13.3. The fraction of sp³-hybridized carbons (Fsp3) is 0.412. The summed E-state index contributed by atoms with van der Waals surface area (Å²) in [5.74, 6) is 0.139. The van der Waals surface area contributed by atoms with Crippen molar-refractivity contribution in [3.63, 3.8) is 0 Å². The first kappa shape index (κ1) is 30.6. The van der Waals surface area contributed by atoms with Gasteiger partial charge in [0.05, 0.1) is 6.61 Å². The molecule has 0 spiro atoms. The summed E-state index contributed by atoms with van der Waals surface area (Å²) in [5.41, 5.74) is 2.04. The third-order valence-electron chi connectivity index (χ3n) is 6.72. The summed E-state index contributed by atoms with van der Waals surface area (Å²) < 4.78 is 12.8. The Morgan fingerprint density at radius 3 is 1.62 bits per heavy atom. The zero-order chi connectivity index (χ0) is 27.8. The summed E-state index contributed by atoms with van der Waals surface area (Å²) >= 11 is 1.25. The third-order valence-corrected chi connectivity index (χ3v) is 7.79. The lowest BCUT2D eigenvalue weighted by Crippen LogP contribution is -2.37. The molecule has 5 heteroatoms. The summed E-state index contributed by atoms with van der Waals surface area (Å²) in [5, 5.41) is 0.135. The summed E-state index contributed by atoms with van der Waals surface area (Å²) in [6.45, 7) is 4.40. The minimum atomic E-state index is -0.910. The van der Waals surface area contributed by atoms with Gasteiger partial charge >= 0.3 is 5.97 Å². The third kappa shape index (κ3) is 9.36. The molecular weight excluding hydrogens is 504 g/mol. The molecule has 3 aromatic rings. The zero-order valence-electron chi connectivity index (χ0n) is 23.3. The number of rotatable bonds is 17. The van der Waals surface area contributed by atoms with Gasteiger partial charge < -0.3 is 9.47 Å². The highest BCUT2D eigenvalue weighted by atomic mass is 32.2. The maximum Gasteiger partial charge on any atom is 0.306 e. The van der Waals surface area contributed by atoms with Crippen LogP contribution in [-0.4, -0.2) is 29.5 Å². The van der Waals surface area contributed by atoms with Crippen molar-refractivity contribution < 1.29 is 19.1 Å². The molecule has 0 saturated heterocycles. The first-order valence-corrected chi connectivity index (χ1v) is 15.2. The highest BCUT2D eigenvalue weighted by molar-refractivity contribution is 8.13. The maximum atomic E-state index is 12.7. The number of hydrogen-bond donors (Lipinski definition) is 0. The van der Waals surface area contributed by atoms with E-state index in [1.807, 2.05) is 54.6 Å². The molecule has 0 saturated carbocycles. The van der Waals surface area contributed by atoms with E-state index in [9.17, 15) is 9.59 Å². The van der Waals surface area contributed by atoms with Crippen LogP contribution in [0, 0.1) is 0 Å². The molecule has 0 fully saturated rings. The van der Waals surface area contributed by atoms with Gasteiger partial charge in [-0.1, -0.05) is 142 Å². The van der Waals surface area contributed by atoms with Crippen LogP contribution in [0.15, 0.2) is 91.0 Å². The van der Waals surface area contributed by atoms with E-state index in [2.05, 4.69) is 50.2 Å². The Hall–Kier alpha value is -2.89. The second-order valence-electron chi connectivity index (χ2n) is 9.80. The molecule has 0 heterocycles. The fourth-order valence-corrected chi connectivity index (χ4v) is 5.47. The smallest absolute Gasteiger partial charge is 0.306 e. The van der Waals surface area contributed by atoms with E-state index in [1.54, 1.807) is 0 Å². The van der Waals surface area contributed by atoms with Gasteiger partial charge in [0.25, 0.3) is 0 Å². The van der Waals surface area contributed by atoms with Gasteiger partial charge in [-0.05, 0) is 29.5 Å². The Morgan fingerprint density at radius 2 is 1.15 bits per heavy atom. The second kappa shape index (κ2) is 16.9. The van der Waals surface area contributed by atoms with Crippen LogP contribution < -0.4 is 0 Å². The summed E-state index contributed by atoms with van der Waals surface area (Å²) in [6.07, 6.45) is 6.20. The van der Waals surface area contributed by atoms with Crippen LogP contribution in [0.5, 0.6) is 0 Å². The van der Waals surface area contributed by atoms with Gasteiger partial charge in [-0.25, -0.2) is 0 Å². The van der Waals surface area contributed by atoms with Crippen LogP contribution in [0.2, 0.25) is 0 Å². The highest BCUT2D eigenvalue weighted by Crippen LogP contribution is 2.40. The van der Waals surface area contributed by atoms with Crippen molar-refractivity contribution in [1.82, 2.24) is 0 Å². The molecule has 1 atom stereocenters. The molecule has 0 radical (unpaired) electrons. The monoisotopic (exact) mass is 546 g/mol. The van der Waals surface area contributed by atoms with Gasteiger partial charge in [0.1, 0.15) is 11.7 Å². The largest absolute Gasteiger partial charge is 0.459 e. The molecule has 0 aliphatic carbocycles. The number of benzene rings is 3. The van der Waals surface area contributed by atoms with E-state index >= 15 is 0 Å². The van der Waals surface area contributed by atoms with E-state index < -0.39 is 11.7 Å².